The van der Waals surface area contributed by atoms with Crippen LogP contribution in [0.4, 0.5) is 0 Å². The van der Waals surface area contributed by atoms with Crippen LogP contribution in [0.5, 0.6) is 0 Å². The number of pyridine rings is 1. The molecule has 2 heteroatoms. The van der Waals surface area contributed by atoms with Gasteiger partial charge in [-0.1, -0.05) is 20.3 Å². The third kappa shape index (κ3) is 2.32. The molecule has 0 radical (unpaired) electrons. The van der Waals surface area contributed by atoms with Gasteiger partial charge in [0.15, 0.2) is 0 Å². The highest BCUT2D eigenvalue weighted by Crippen LogP contribution is 2.25. The van der Waals surface area contributed by atoms with Crippen molar-refractivity contribution in [2.24, 2.45) is 5.92 Å². The lowest BCUT2D eigenvalue weighted by Gasteiger charge is -2.24. The number of hydrogen-bond acceptors (Lipinski definition) is 2. The van der Waals surface area contributed by atoms with E-state index < -0.39 is 0 Å². The summed E-state index contributed by atoms with van der Waals surface area (Å²) in [6.45, 7) is 6.64. The smallest absolute Gasteiger partial charge is 0.0361 e. The van der Waals surface area contributed by atoms with Crippen molar-refractivity contribution in [1.29, 1.82) is 0 Å². The van der Waals surface area contributed by atoms with Crippen molar-refractivity contribution in [3.8, 4) is 0 Å². The normalized spacial score (nSPS) is 15.1. The summed E-state index contributed by atoms with van der Waals surface area (Å²) >= 11 is 0. The van der Waals surface area contributed by atoms with Gasteiger partial charge in [-0.3, -0.25) is 4.98 Å². The number of nitrogens with one attached hydrogen (secondary N) is 1. The zero-order valence-corrected chi connectivity index (χ0v) is 9.54. The van der Waals surface area contributed by atoms with Crippen molar-refractivity contribution in [2.45, 2.75) is 33.2 Å². The fraction of sp³-hybridized carbons (Fsp3) is 0.583. The summed E-state index contributed by atoms with van der Waals surface area (Å²) in [5, 5.41) is 3.37. The average molecular weight is 192 g/mol. The predicted octanol–water partition coefficient (Wildman–Crippen LogP) is 2.70. The van der Waals surface area contributed by atoms with E-state index >= 15 is 0 Å². The first-order valence-corrected chi connectivity index (χ1v) is 5.28. The maximum absolute atomic E-state index is 4.19. The van der Waals surface area contributed by atoms with E-state index in [2.05, 4.69) is 37.1 Å². The summed E-state index contributed by atoms with van der Waals surface area (Å²) in [6, 6.07) is 2.50. The minimum absolute atomic E-state index is 0.425. The van der Waals surface area contributed by atoms with Crippen LogP contribution < -0.4 is 5.32 Å². The number of aromatic nitrogens is 1. The Morgan fingerprint density at radius 2 is 2.21 bits per heavy atom. The monoisotopic (exact) mass is 192 g/mol. The van der Waals surface area contributed by atoms with Crippen molar-refractivity contribution in [2.75, 3.05) is 7.05 Å². The van der Waals surface area contributed by atoms with Crippen LogP contribution in [0.2, 0.25) is 0 Å². The highest BCUT2D eigenvalue weighted by molar-refractivity contribution is 5.25. The SMILES string of the molecule is CCC(C)C(NC)c1cnccc1C. The van der Waals surface area contributed by atoms with Crippen molar-refractivity contribution in [1.82, 2.24) is 10.3 Å². The summed E-state index contributed by atoms with van der Waals surface area (Å²) in [4.78, 5) is 4.19. The van der Waals surface area contributed by atoms with E-state index in [0.29, 0.717) is 12.0 Å². The van der Waals surface area contributed by atoms with E-state index in [1.807, 2.05) is 19.4 Å². The summed E-state index contributed by atoms with van der Waals surface area (Å²) in [5.41, 5.74) is 2.64. The molecule has 1 aromatic heterocycles. The van der Waals surface area contributed by atoms with Crippen LogP contribution in [0.1, 0.15) is 37.4 Å². The highest BCUT2D eigenvalue weighted by atomic mass is 14.9. The molecule has 1 rings (SSSR count). The minimum atomic E-state index is 0.425. The molecule has 0 spiro atoms. The van der Waals surface area contributed by atoms with E-state index in [9.17, 15) is 0 Å². The van der Waals surface area contributed by atoms with Crippen LogP contribution in [-0.2, 0) is 0 Å². The first-order valence-electron chi connectivity index (χ1n) is 5.28. The number of aryl methyl sites for hydroxylation is 1. The Labute approximate surface area is 86.8 Å². The molecule has 78 valence electrons. The second kappa shape index (κ2) is 5.11. The topological polar surface area (TPSA) is 24.9 Å². The second-order valence-corrected chi connectivity index (χ2v) is 3.88. The Morgan fingerprint density at radius 3 is 2.71 bits per heavy atom. The molecule has 1 aromatic rings. The summed E-state index contributed by atoms with van der Waals surface area (Å²) in [7, 11) is 2.02. The number of rotatable bonds is 4. The summed E-state index contributed by atoms with van der Waals surface area (Å²) in [5.74, 6) is 0.642. The molecule has 2 unspecified atom stereocenters. The molecule has 0 amide bonds. The van der Waals surface area contributed by atoms with Crippen LogP contribution in [0.25, 0.3) is 0 Å². The lowest BCUT2D eigenvalue weighted by molar-refractivity contribution is 0.398. The van der Waals surface area contributed by atoms with Gasteiger partial charge in [-0.2, -0.15) is 0 Å². The Morgan fingerprint density at radius 1 is 1.50 bits per heavy atom. The molecule has 0 bridgehead atoms. The van der Waals surface area contributed by atoms with Crippen molar-refractivity contribution >= 4 is 0 Å². The van der Waals surface area contributed by atoms with E-state index in [1.165, 1.54) is 17.5 Å². The molecular formula is C12H20N2. The largest absolute Gasteiger partial charge is 0.313 e. The zero-order valence-electron chi connectivity index (χ0n) is 9.54. The standard InChI is InChI=1S/C12H20N2/c1-5-9(2)12(13-4)11-8-14-7-6-10(11)3/h6-9,12-13H,5H2,1-4H3. The van der Waals surface area contributed by atoms with Crippen LogP contribution in [0.3, 0.4) is 0 Å². The molecule has 2 atom stereocenters. The van der Waals surface area contributed by atoms with Crippen molar-refractivity contribution in [3.05, 3.63) is 29.6 Å². The highest BCUT2D eigenvalue weighted by Gasteiger charge is 2.17. The Balaban J connectivity index is 2.94. The molecule has 0 aliphatic heterocycles. The lowest BCUT2D eigenvalue weighted by atomic mass is 9.91. The Kier molecular flexibility index (Phi) is 4.08. The van der Waals surface area contributed by atoms with Gasteiger partial charge in [-0.05, 0) is 37.1 Å². The van der Waals surface area contributed by atoms with E-state index in [1.54, 1.807) is 0 Å². The van der Waals surface area contributed by atoms with Gasteiger partial charge in [-0.25, -0.2) is 0 Å². The third-order valence-electron chi connectivity index (χ3n) is 2.94. The zero-order chi connectivity index (χ0) is 10.6. The molecule has 0 aliphatic carbocycles. The van der Waals surface area contributed by atoms with Crippen LogP contribution in [0.15, 0.2) is 18.5 Å². The third-order valence-corrected chi connectivity index (χ3v) is 2.94. The molecular weight excluding hydrogens is 172 g/mol. The van der Waals surface area contributed by atoms with Gasteiger partial charge in [0.05, 0.1) is 0 Å². The van der Waals surface area contributed by atoms with Gasteiger partial charge in [-0.15, -0.1) is 0 Å². The number of hydrogen-bond donors (Lipinski definition) is 1. The fourth-order valence-electron chi connectivity index (χ4n) is 1.78. The maximum atomic E-state index is 4.19. The summed E-state index contributed by atoms with van der Waals surface area (Å²) < 4.78 is 0. The quantitative estimate of drug-likeness (QED) is 0.793. The first-order chi connectivity index (χ1) is 6.70. The van der Waals surface area contributed by atoms with Crippen LogP contribution in [0, 0.1) is 12.8 Å². The molecule has 1 N–H and O–H groups in total. The molecule has 0 fully saturated rings. The number of nitrogens with zero attached hydrogens (tertiary/aromatic N) is 1. The fourth-order valence-corrected chi connectivity index (χ4v) is 1.78. The molecule has 0 aromatic carbocycles. The van der Waals surface area contributed by atoms with E-state index in [0.717, 1.165) is 0 Å². The van der Waals surface area contributed by atoms with Gasteiger partial charge < -0.3 is 5.32 Å². The molecule has 0 saturated carbocycles. The Hall–Kier alpha value is -0.890. The average Bonchev–Trinajstić information content (AvgIpc) is 2.21. The molecule has 1 heterocycles. The molecule has 0 aliphatic rings. The van der Waals surface area contributed by atoms with E-state index in [-0.39, 0.29) is 0 Å². The van der Waals surface area contributed by atoms with Crippen LogP contribution >= 0.6 is 0 Å². The van der Waals surface area contributed by atoms with Crippen molar-refractivity contribution in [3.63, 3.8) is 0 Å². The molecule has 14 heavy (non-hydrogen) atoms. The Bertz CT molecular complexity index is 283. The predicted molar refractivity (Wildman–Crippen MR) is 60.2 cm³/mol. The van der Waals surface area contributed by atoms with E-state index in [4.69, 9.17) is 0 Å². The van der Waals surface area contributed by atoms with Gasteiger partial charge in [0.2, 0.25) is 0 Å². The van der Waals surface area contributed by atoms with Gasteiger partial charge in [0, 0.05) is 18.4 Å². The molecule has 0 saturated heterocycles. The van der Waals surface area contributed by atoms with Crippen molar-refractivity contribution < 1.29 is 0 Å². The van der Waals surface area contributed by atoms with Gasteiger partial charge in [0.1, 0.15) is 0 Å². The molecule has 2 nitrogen and oxygen atoms in total. The van der Waals surface area contributed by atoms with Gasteiger partial charge >= 0.3 is 0 Å². The lowest BCUT2D eigenvalue weighted by Crippen LogP contribution is -2.24. The maximum Gasteiger partial charge on any atom is 0.0361 e. The second-order valence-electron chi connectivity index (χ2n) is 3.88. The summed E-state index contributed by atoms with van der Waals surface area (Å²) in [6.07, 6.45) is 5.00. The first kappa shape index (κ1) is 11.2. The van der Waals surface area contributed by atoms with Gasteiger partial charge in [0.25, 0.3) is 0 Å². The minimum Gasteiger partial charge on any atom is -0.313 e. The van der Waals surface area contributed by atoms with Crippen LogP contribution in [-0.4, -0.2) is 12.0 Å².